The minimum Gasteiger partial charge on any atom is -0.454 e. The standard InChI is InChI=1S/C15H21N3O3S/c1-3-6-16-14(19)10(2)18-15(22)17-8-11-4-5-12-13(7-11)21-9-20-12/h4-5,7,10H,3,6,8-9H2,1-2H3,(H,16,19)(H2,17,18,22)/t10-/m0/s1. The predicted molar refractivity (Wildman–Crippen MR) is 87.9 cm³/mol. The molecule has 0 aliphatic carbocycles. The summed E-state index contributed by atoms with van der Waals surface area (Å²) in [5.74, 6) is 1.44. The van der Waals surface area contributed by atoms with Crippen LogP contribution in [-0.2, 0) is 11.3 Å². The molecule has 7 heteroatoms. The first-order chi connectivity index (χ1) is 10.6. The van der Waals surface area contributed by atoms with E-state index >= 15 is 0 Å². The number of nitrogens with one attached hydrogen (secondary N) is 3. The third kappa shape index (κ3) is 4.49. The molecule has 120 valence electrons. The number of carbonyl (C=O) groups excluding carboxylic acids is 1. The maximum absolute atomic E-state index is 11.7. The van der Waals surface area contributed by atoms with Crippen LogP contribution in [0.3, 0.4) is 0 Å². The van der Waals surface area contributed by atoms with E-state index in [1.807, 2.05) is 25.1 Å². The van der Waals surface area contributed by atoms with Crippen molar-refractivity contribution in [3.63, 3.8) is 0 Å². The second kappa shape index (κ2) is 7.84. The third-order valence-electron chi connectivity index (χ3n) is 3.18. The van der Waals surface area contributed by atoms with Gasteiger partial charge in [0.25, 0.3) is 0 Å². The van der Waals surface area contributed by atoms with Gasteiger partial charge in [0.15, 0.2) is 16.6 Å². The number of carbonyl (C=O) groups is 1. The molecule has 1 aliphatic rings. The highest BCUT2D eigenvalue weighted by atomic mass is 32.1. The van der Waals surface area contributed by atoms with Crippen LogP contribution in [0.1, 0.15) is 25.8 Å². The molecule has 1 amide bonds. The van der Waals surface area contributed by atoms with Gasteiger partial charge in [-0.3, -0.25) is 4.79 Å². The van der Waals surface area contributed by atoms with Crippen molar-refractivity contribution in [1.29, 1.82) is 0 Å². The molecule has 0 saturated heterocycles. The summed E-state index contributed by atoms with van der Waals surface area (Å²) in [4.78, 5) is 11.7. The lowest BCUT2D eigenvalue weighted by molar-refractivity contribution is -0.122. The van der Waals surface area contributed by atoms with Crippen molar-refractivity contribution in [1.82, 2.24) is 16.0 Å². The van der Waals surface area contributed by atoms with Crippen LogP contribution in [-0.4, -0.2) is 30.4 Å². The van der Waals surface area contributed by atoms with Crippen LogP contribution in [0.2, 0.25) is 0 Å². The Morgan fingerprint density at radius 1 is 1.32 bits per heavy atom. The molecular formula is C15H21N3O3S. The SMILES string of the molecule is CCCNC(=O)[C@H](C)NC(=S)NCc1ccc2c(c1)OCO2. The first-order valence-electron chi connectivity index (χ1n) is 7.30. The average molecular weight is 323 g/mol. The molecule has 6 nitrogen and oxygen atoms in total. The van der Waals surface area contributed by atoms with E-state index in [0.717, 1.165) is 23.5 Å². The summed E-state index contributed by atoms with van der Waals surface area (Å²) < 4.78 is 10.6. The first-order valence-corrected chi connectivity index (χ1v) is 7.71. The molecule has 3 N–H and O–H groups in total. The Morgan fingerprint density at radius 2 is 2.09 bits per heavy atom. The Bertz CT molecular complexity index is 551. The van der Waals surface area contributed by atoms with E-state index in [2.05, 4.69) is 16.0 Å². The Kier molecular flexibility index (Phi) is 5.83. The molecule has 0 saturated carbocycles. The zero-order valence-electron chi connectivity index (χ0n) is 12.8. The van der Waals surface area contributed by atoms with Crippen molar-refractivity contribution in [2.45, 2.75) is 32.9 Å². The topological polar surface area (TPSA) is 71.6 Å². The maximum atomic E-state index is 11.7. The summed E-state index contributed by atoms with van der Waals surface area (Å²) in [5, 5.41) is 9.30. The van der Waals surface area contributed by atoms with E-state index in [1.54, 1.807) is 6.92 Å². The second-order valence-electron chi connectivity index (χ2n) is 5.03. The van der Waals surface area contributed by atoms with Crippen molar-refractivity contribution in [2.75, 3.05) is 13.3 Å². The Labute approximate surface area is 135 Å². The highest BCUT2D eigenvalue weighted by molar-refractivity contribution is 7.80. The monoisotopic (exact) mass is 323 g/mol. The van der Waals surface area contributed by atoms with E-state index in [0.29, 0.717) is 18.2 Å². The van der Waals surface area contributed by atoms with Crippen molar-refractivity contribution in [2.24, 2.45) is 0 Å². The van der Waals surface area contributed by atoms with Gasteiger partial charge in [-0.15, -0.1) is 0 Å². The van der Waals surface area contributed by atoms with E-state index in [-0.39, 0.29) is 18.7 Å². The van der Waals surface area contributed by atoms with Crippen LogP contribution in [0.25, 0.3) is 0 Å². The molecule has 0 fully saturated rings. The molecule has 1 aromatic rings. The summed E-state index contributed by atoms with van der Waals surface area (Å²) >= 11 is 5.20. The maximum Gasteiger partial charge on any atom is 0.242 e. The summed E-state index contributed by atoms with van der Waals surface area (Å²) in [7, 11) is 0. The lowest BCUT2D eigenvalue weighted by Gasteiger charge is -2.16. The average Bonchev–Trinajstić information content (AvgIpc) is 2.98. The Balaban J connectivity index is 1.76. The Hall–Kier alpha value is -2.02. The molecule has 2 rings (SSSR count). The van der Waals surface area contributed by atoms with Crippen LogP contribution in [0.5, 0.6) is 11.5 Å². The molecule has 22 heavy (non-hydrogen) atoms. The normalized spacial score (nSPS) is 13.4. The van der Waals surface area contributed by atoms with Gasteiger partial charge in [-0.25, -0.2) is 0 Å². The summed E-state index contributed by atoms with van der Waals surface area (Å²) in [6, 6.07) is 5.36. The first kappa shape index (κ1) is 16.4. The molecule has 1 atom stereocenters. The van der Waals surface area contributed by atoms with Crippen LogP contribution >= 0.6 is 12.2 Å². The number of fused-ring (bicyclic) bond motifs is 1. The van der Waals surface area contributed by atoms with Crippen molar-refractivity contribution < 1.29 is 14.3 Å². The molecule has 0 bridgehead atoms. The molecular weight excluding hydrogens is 302 g/mol. The molecule has 1 heterocycles. The van der Waals surface area contributed by atoms with Crippen LogP contribution in [0.4, 0.5) is 0 Å². The van der Waals surface area contributed by atoms with Gasteiger partial charge >= 0.3 is 0 Å². The van der Waals surface area contributed by atoms with Gasteiger partial charge < -0.3 is 25.4 Å². The molecule has 1 aliphatic heterocycles. The molecule has 0 unspecified atom stereocenters. The fourth-order valence-corrected chi connectivity index (χ4v) is 2.20. The zero-order valence-corrected chi connectivity index (χ0v) is 13.6. The summed E-state index contributed by atoms with van der Waals surface area (Å²) in [6.07, 6.45) is 0.908. The van der Waals surface area contributed by atoms with Gasteiger partial charge in [0.2, 0.25) is 12.7 Å². The van der Waals surface area contributed by atoms with Gasteiger partial charge in [-0.05, 0) is 43.3 Å². The van der Waals surface area contributed by atoms with Gasteiger partial charge in [0.1, 0.15) is 6.04 Å². The van der Waals surface area contributed by atoms with Crippen LogP contribution in [0.15, 0.2) is 18.2 Å². The highest BCUT2D eigenvalue weighted by Gasteiger charge is 2.14. The molecule has 0 aromatic heterocycles. The zero-order chi connectivity index (χ0) is 15.9. The summed E-state index contributed by atoms with van der Waals surface area (Å²) in [5.41, 5.74) is 1.02. The number of hydrogen-bond donors (Lipinski definition) is 3. The Morgan fingerprint density at radius 3 is 2.86 bits per heavy atom. The minimum atomic E-state index is -0.372. The van der Waals surface area contributed by atoms with Gasteiger partial charge in [-0.1, -0.05) is 13.0 Å². The van der Waals surface area contributed by atoms with Crippen molar-refractivity contribution in [3.05, 3.63) is 23.8 Å². The highest BCUT2D eigenvalue weighted by Crippen LogP contribution is 2.32. The third-order valence-corrected chi connectivity index (χ3v) is 3.44. The largest absolute Gasteiger partial charge is 0.454 e. The van der Waals surface area contributed by atoms with Crippen molar-refractivity contribution in [3.8, 4) is 11.5 Å². The molecule has 1 aromatic carbocycles. The number of benzene rings is 1. The van der Waals surface area contributed by atoms with E-state index < -0.39 is 0 Å². The van der Waals surface area contributed by atoms with Gasteiger partial charge in [0.05, 0.1) is 0 Å². The lowest BCUT2D eigenvalue weighted by Crippen LogP contribution is -2.48. The van der Waals surface area contributed by atoms with Crippen LogP contribution in [0, 0.1) is 0 Å². The molecule has 0 radical (unpaired) electrons. The number of ether oxygens (including phenoxy) is 2. The predicted octanol–water partition coefficient (Wildman–Crippen LogP) is 1.29. The van der Waals surface area contributed by atoms with E-state index in [9.17, 15) is 4.79 Å². The number of rotatable bonds is 6. The number of hydrogen-bond acceptors (Lipinski definition) is 4. The van der Waals surface area contributed by atoms with E-state index in [4.69, 9.17) is 21.7 Å². The fourth-order valence-electron chi connectivity index (χ4n) is 1.95. The lowest BCUT2D eigenvalue weighted by atomic mass is 10.2. The van der Waals surface area contributed by atoms with Crippen molar-refractivity contribution >= 4 is 23.2 Å². The molecule has 0 spiro atoms. The number of amides is 1. The quantitative estimate of drug-likeness (QED) is 0.686. The summed E-state index contributed by atoms with van der Waals surface area (Å²) in [6.45, 7) is 5.26. The number of thiocarbonyl (C=S) groups is 1. The van der Waals surface area contributed by atoms with Gasteiger partial charge in [-0.2, -0.15) is 0 Å². The fraction of sp³-hybridized carbons (Fsp3) is 0.467. The second-order valence-corrected chi connectivity index (χ2v) is 5.44. The van der Waals surface area contributed by atoms with Gasteiger partial charge in [0, 0.05) is 13.1 Å². The minimum absolute atomic E-state index is 0.0610. The van der Waals surface area contributed by atoms with E-state index in [1.165, 1.54) is 0 Å². The smallest absolute Gasteiger partial charge is 0.242 e. The van der Waals surface area contributed by atoms with Crippen LogP contribution < -0.4 is 25.4 Å².